The molecule has 0 saturated carbocycles. The van der Waals surface area contributed by atoms with Crippen molar-refractivity contribution < 1.29 is 4.79 Å². The Balaban J connectivity index is 2.58. The van der Waals surface area contributed by atoms with Crippen molar-refractivity contribution in [2.75, 3.05) is 7.05 Å². The molecule has 0 atom stereocenters. The molecule has 1 aromatic heterocycles. The van der Waals surface area contributed by atoms with E-state index in [1.165, 1.54) is 0 Å². The van der Waals surface area contributed by atoms with Crippen LogP contribution in [0.5, 0.6) is 0 Å². The van der Waals surface area contributed by atoms with Gasteiger partial charge in [-0.15, -0.1) is 0 Å². The number of nitrogens with two attached hydrogens (primary N) is 1. The lowest BCUT2D eigenvalue weighted by molar-refractivity contribution is -0.121. The maximum atomic E-state index is 10.9. The van der Waals surface area contributed by atoms with Crippen LogP contribution in [0.15, 0.2) is 12.5 Å². The Morgan fingerprint density at radius 3 is 3.08 bits per heavy atom. The van der Waals surface area contributed by atoms with E-state index >= 15 is 0 Å². The number of aromatic nitrogens is 2. The highest BCUT2D eigenvalue weighted by Gasteiger charge is 2.00. The summed E-state index contributed by atoms with van der Waals surface area (Å²) in [5.41, 5.74) is 6.14. The summed E-state index contributed by atoms with van der Waals surface area (Å²) in [7, 11) is 1.60. The Labute approximate surface area is 70.6 Å². The number of hydrogen-bond acceptors (Lipinski definition) is 3. The molecule has 66 valence electrons. The number of nitrogens with zero attached hydrogens (tertiary/aromatic N) is 2. The number of nitrogens with one attached hydrogen (secondary N) is 1. The smallest absolute Gasteiger partial charge is 0.239 e. The third kappa shape index (κ3) is 2.06. The summed E-state index contributed by atoms with van der Waals surface area (Å²) in [5, 5.41) is 2.52. The third-order valence-corrected chi connectivity index (χ3v) is 1.50. The number of hydrogen-bond donors (Lipinski definition) is 2. The molecule has 0 aliphatic heterocycles. The van der Waals surface area contributed by atoms with Crippen LogP contribution in [0.3, 0.4) is 0 Å². The average Bonchev–Trinajstić information content (AvgIpc) is 2.52. The molecule has 1 amide bonds. The zero-order chi connectivity index (χ0) is 8.97. The minimum absolute atomic E-state index is 0.0454. The summed E-state index contributed by atoms with van der Waals surface area (Å²) in [6.45, 7) is 0.699. The fourth-order valence-electron chi connectivity index (χ4n) is 0.843. The van der Waals surface area contributed by atoms with E-state index in [1.54, 1.807) is 24.1 Å². The largest absolute Gasteiger partial charge is 0.358 e. The second-order valence-electron chi connectivity index (χ2n) is 2.41. The maximum Gasteiger partial charge on any atom is 0.239 e. The molecule has 0 saturated heterocycles. The van der Waals surface area contributed by atoms with Crippen LogP contribution < -0.4 is 11.1 Å². The first-order chi connectivity index (χ1) is 5.76. The molecule has 3 N–H and O–H groups in total. The van der Waals surface area contributed by atoms with Crippen molar-refractivity contribution >= 4 is 5.91 Å². The van der Waals surface area contributed by atoms with Gasteiger partial charge in [-0.1, -0.05) is 0 Å². The standard InChI is InChI=1S/C7H12N4O/c1-9-7(12)4-11-3-6(2-8)10-5-11/h3,5H,2,4,8H2,1H3,(H,9,12). The summed E-state index contributed by atoms with van der Waals surface area (Å²) in [6.07, 6.45) is 3.35. The van der Waals surface area contributed by atoms with Gasteiger partial charge >= 0.3 is 0 Å². The molecule has 1 heterocycles. The summed E-state index contributed by atoms with van der Waals surface area (Å²) in [4.78, 5) is 14.9. The van der Waals surface area contributed by atoms with Crippen molar-refractivity contribution in [2.24, 2.45) is 5.73 Å². The number of rotatable bonds is 3. The van der Waals surface area contributed by atoms with Gasteiger partial charge in [-0.25, -0.2) is 4.98 Å². The van der Waals surface area contributed by atoms with Gasteiger partial charge in [0.05, 0.1) is 12.0 Å². The number of imidazole rings is 1. The second-order valence-corrected chi connectivity index (χ2v) is 2.41. The number of amides is 1. The molecule has 5 nitrogen and oxygen atoms in total. The Kier molecular flexibility index (Phi) is 2.82. The van der Waals surface area contributed by atoms with E-state index in [9.17, 15) is 4.79 Å². The lowest BCUT2D eigenvalue weighted by Crippen LogP contribution is -2.22. The number of carbonyl (C=O) groups is 1. The average molecular weight is 168 g/mol. The van der Waals surface area contributed by atoms with Crippen LogP contribution in [0.4, 0.5) is 0 Å². The van der Waals surface area contributed by atoms with Crippen LogP contribution in [0.25, 0.3) is 0 Å². The van der Waals surface area contributed by atoms with Crippen LogP contribution in [0.2, 0.25) is 0 Å². The Morgan fingerprint density at radius 2 is 2.58 bits per heavy atom. The van der Waals surface area contributed by atoms with Gasteiger partial charge in [-0.3, -0.25) is 4.79 Å². The molecule has 1 rings (SSSR count). The topological polar surface area (TPSA) is 72.9 Å². The molecule has 0 radical (unpaired) electrons. The minimum atomic E-state index is -0.0454. The molecular formula is C7H12N4O. The monoisotopic (exact) mass is 168 g/mol. The van der Waals surface area contributed by atoms with Crippen molar-refractivity contribution in [1.29, 1.82) is 0 Å². The molecule has 1 aromatic rings. The van der Waals surface area contributed by atoms with Gasteiger partial charge in [-0.05, 0) is 0 Å². The van der Waals surface area contributed by atoms with E-state index in [-0.39, 0.29) is 5.91 Å². The van der Waals surface area contributed by atoms with Crippen molar-refractivity contribution in [1.82, 2.24) is 14.9 Å². The van der Waals surface area contributed by atoms with E-state index in [4.69, 9.17) is 5.73 Å². The maximum absolute atomic E-state index is 10.9. The number of likely N-dealkylation sites (N-methyl/N-ethyl adjacent to an activating group) is 1. The highest BCUT2D eigenvalue weighted by atomic mass is 16.1. The normalized spacial score (nSPS) is 9.83. The minimum Gasteiger partial charge on any atom is -0.358 e. The molecule has 0 bridgehead atoms. The van der Waals surface area contributed by atoms with Gasteiger partial charge in [0, 0.05) is 19.8 Å². The molecule has 5 heteroatoms. The first-order valence-corrected chi connectivity index (χ1v) is 3.67. The third-order valence-electron chi connectivity index (χ3n) is 1.50. The first kappa shape index (κ1) is 8.73. The molecule has 0 fully saturated rings. The van der Waals surface area contributed by atoms with Crippen LogP contribution in [0, 0.1) is 0 Å². The van der Waals surface area contributed by atoms with Crippen molar-refractivity contribution in [2.45, 2.75) is 13.1 Å². The van der Waals surface area contributed by atoms with Crippen LogP contribution >= 0.6 is 0 Å². The fourth-order valence-corrected chi connectivity index (χ4v) is 0.843. The summed E-state index contributed by atoms with van der Waals surface area (Å²) in [5.74, 6) is -0.0454. The fraction of sp³-hybridized carbons (Fsp3) is 0.429. The van der Waals surface area contributed by atoms with Crippen LogP contribution in [-0.4, -0.2) is 22.5 Å². The van der Waals surface area contributed by atoms with Gasteiger partial charge in [-0.2, -0.15) is 0 Å². The molecule has 0 aliphatic rings. The summed E-state index contributed by atoms with van der Waals surface area (Å²) < 4.78 is 1.70. The van der Waals surface area contributed by atoms with Crippen molar-refractivity contribution in [3.63, 3.8) is 0 Å². The predicted molar refractivity (Wildman–Crippen MR) is 44.2 cm³/mol. The quantitative estimate of drug-likeness (QED) is 0.613. The first-order valence-electron chi connectivity index (χ1n) is 3.67. The number of carbonyl (C=O) groups excluding carboxylic acids is 1. The Bertz CT molecular complexity index is 268. The van der Waals surface area contributed by atoms with E-state index in [2.05, 4.69) is 10.3 Å². The van der Waals surface area contributed by atoms with E-state index in [0.29, 0.717) is 13.1 Å². The lowest BCUT2D eigenvalue weighted by atomic mass is 10.5. The van der Waals surface area contributed by atoms with E-state index in [0.717, 1.165) is 5.69 Å². The zero-order valence-electron chi connectivity index (χ0n) is 6.95. The Morgan fingerprint density at radius 1 is 1.83 bits per heavy atom. The highest BCUT2D eigenvalue weighted by Crippen LogP contribution is 1.93. The van der Waals surface area contributed by atoms with Gasteiger partial charge in [0.1, 0.15) is 6.54 Å². The molecule has 0 unspecified atom stereocenters. The van der Waals surface area contributed by atoms with Crippen molar-refractivity contribution in [3.05, 3.63) is 18.2 Å². The van der Waals surface area contributed by atoms with Gasteiger partial charge < -0.3 is 15.6 Å². The molecular weight excluding hydrogens is 156 g/mol. The van der Waals surface area contributed by atoms with E-state index in [1.807, 2.05) is 0 Å². The van der Waals surface area contributed by atoms with Gasteiger partial charge in [0.2, 0.25) is 5.91 Å². The van der Waals surface area contributed by atoms with Gasteiger partial charge in [0.15, 0.2) is 0 Å². The second kappa shape index (κ2) is 3.87. The van der Waals surface area contributed by atoms with Crippen LogP contribution in [-0.2, 0) is 17.9 Å². The van der Waals surface area contributed by atoms with Gasteiger partial charge in [0.25, 0.3) is 0 Å². The SMILES string of the molecule is CNC(=O)Cn1cnc(CN)c1. The summed E-state index contributed by atoms with van der Waals surface area (Å²) in [6, 6.07) is 0. The molecule has 0 aliphatic carbocycles. The predicted octanol–water partition coefficient (Wildman–Crippen LogP) is -0.912. The molecule has 12 heavy (non-hydrogen) atoms. The Hall–Kier alpha value is -1.36. The lowest BCUT2D eigenvalue weighted by Gasteiger charge is -1.98. The molecule has 0 spiro atoms. The molecule has 0 aromatic carbocycles. The van der Waals surface area contributed by atoms with Crippen LogP contribution in [0.1, 0.15) is 5.69 Å². The zero-order valence-corrected chi connectivity index (χ0v) is 6.95. The summed E-state index contributed by atoms with van der Waals surface area (Å²) >= 11 is 0. The van der Waals surface area contributed by atoms with E-state index < -0.39 is 0 Å². The van der Waals surface area contributed by atoms with Crippen molar-refractivity contribution in [3.8, 4) is 0 Å². The highest BCUT2D eigenvalue weighted by molar-refractivity contribution is 5.75.